The molecule has 0 saturated heterocycles. The minimum Gasteiger partial charge on any atom is -0.505 e. The number of hydrogen-bond donors (Lipinski definition) is 1. The summed E-state index contributed by atoms with van der Waals surface area (Å²) < 4.78 is 4.44. The highest BCUT2D eigenvalue weighted by molar-refractivity contribution is 6.37. The maximum absolute atomic E-state index is 9.29. The molecular formula is C8H3Cl2N2O2. The van der Waals surface area contributed by atoms with Crippen molar-refractivity contribution in [3.05, 3.63) is 28.6 Å². The molecule has 0 amide bonds. The number of benzene rings is 1. The molecule has 0 aliphatic carbocycles. The van der Waals surface area contributed by atoms with Crippen LogP contribution in [0.4, 0.5) is 0 Å². The van der Waals surface area contributed by atoms with Gasteiger partial charge in [-0.05, 0) is 12.1 Å². The van der Waals surface area contributed by atoms with Crippen molar-refractivity contribution in [2.45, 2.75) is 0 Å². The van der Waals surface area contributed by atoms with E-state index in [1.807, 2.05) is 0 Å². The Hall–Kier alpha value is -1.26. The highest BCUT2D eigenvalue weighted by Crippen LogP contribution is 2.35. The third-order valence-electron chi connectivity index (χ3n) is 1.60. The van der Waals surface area contributed by atoms with Gasteiger partial charge in [-0.2, -0.15) is 4.98 Å². The van der Waals surface area contributed by atoms with Crippen molar-refractivity contribution in [1.82, 2.24) is 10.1 Å². The minimum absolute atomic E-state index is 0.136. The predicted molar refractivity (Wildman–Crippen MR) is 50.3 cm³/mol. The van der Waals surface area contributed by atoms with Gasteiger partial charge in [0.2, 0.25) is 5.82 Å². The van der Waals surface area contributed by atoms with E-state index in [1.165, 1.54) is 12.1 Å². The molecule has 1 aromatic heterocycles. The van der Waals surface area contributed by atoms with E-state index < -0.39 is 0 Å². The summed E-state index contributed by atoms with van der Waals surface area (Å²) in [7, 11) is 0. The number of hydrogen-bond acceptors (Lipinski definition) is 4. The smallest absolute Gasteiger partial charge is 0.316 e. The Kier molecular flexibility index (Phi) is 2.31. The fourth-order valence-electron chi connectivity index (χ4n) is 0.960. The first kappa shape index (κ1) is 9.30. The number of phenols is 1. The molecule has 0 aliphatic rings. The molecule has 4 nitrogen and oxygen atoms in total. The summed E-state index contributed by atoms with van der Waals surface area (Å²) in [6.07, 6.45) is 2.20. The molecule has 2 aromatic rings. The highest BCUT2D eigenvalue weighted by atomic mass is 35.5. The van der Waals surface area contributed by atoms with Gasteiger partial charge in [0, 0.05) is 5.56 Å². The van der Waals surface area contributed by atoms with Crippen LogP contribution in [0.15, 0.2) is 16.7 Å². The van der Waals surface area contributed by atoms with Crippen molar-refractivity contribution in [3.8, 4) is 17.1 Å². The fraction of sp³-hybridized carbons (Fsp3) is 0. The van der Waals surface area contributed by atoms with Gasteiger partial charge < -0.3 is 9.63 Å². The molecule has 6 heteroatoms. The van der Waals surface area contributed by atoms with E-state index in [2.05, 4.69) is 21.1 Å². The van der Waals surface area contributed by atoms with Crippen LogP contribution in [0.3, 0.4) is 0 Å². The van der Waals surface area contributed by atoms with Crippen LogP contribution in [-0.4, -0.2) is 15.2 Å². The first-order valence-electron chi connectivity index (χ1n) is 3.56. The van der Waals surface area contributed by atoms with E-state index in [0.29, 0.717) is 11.4 Å². The van der Waals surface area contributed by atoms with Crippen LogP contribution in [0, 0.1) is 6.39 Å². The molecule has 71 valence electrons. The minimum atomic E-state index is -0.162. The van der Waals surface area contributed by atoms with Gasteiger partial charge in [0.15, 0.2) is 5.75 Å². The third-order valence-corrected chi connectivity index (χ3v) is 2.18. The highest BCUT2D eigenvalue weighted by Gasteiger charge is 2.10. The Bertz CT molecular complexity index is 433. The first-order valence-corrected chi connectivity index (χ1v) is 4.32. The molecule has 14 heavy (non-hydrogen) atoms. The summed E-state index contributed by atoms with van der Waals surface area (Å²) in [5.41, 5.74) is 0.558. The predicted octanol–water partition coefficient (Wildman–Crippen LogP) is 2.55. The van der Waals surface area contributed by atoms with E-state index >= 15 is 0 Å². The Morgan fingerprint density at radius 3 is 2.43 bits per heavy atom. The van der Waals surface area contributed by atoms with Crippen molar-refractivity contribution in [1.29, 1.82) is 0 Å². The molecule has 0 spiro atoms. The lowest BCUT2D eigenvalue weighted by Gasteiger charge is -2.01. The Morgan fingerprint density at radius 2 is 1.93 bits per heavy atom. The van der Waals surface area contributed by atoms with Crippen LogP contribution in [-0.2, 0) is 0 Å². The molecular weight excluding hydrogens is 227 g/mol. The summed E-state index contributed by atoms with van der Waals surface area (Å²) in [6, 6.07) is 2.98. The standard InChI is InChI=1S/C8H3Cl2N2O2/c9-5-1-4(2-6(10)7(5)13)8-11-3-14-12-8/h1-2,13H. The summed E-state index contributed by atoms with van der Waals surface area (Å²) in [6.45, 7) is 0. The zero-order valence-corrected chi connectivity index (χ0v) is 8.17. The van der Waals surface area contributed by atoms with Gasteiger partial charge in [-0.15, -0.1) is 0 Å². The van der Waals surface area contributed by atoms with Crippen molar-refractivity contribution < 1.29 is 9.63 Å². The molecule has 1 radical (unpaired) electrons. The Labute approximate surface area is 89.1 Å². The quantitative estimate of drug-likeness (QED) is 0.817. The maximum Gasteiger partial charge on any atom is 0.316 e. The van der Waals surface area contributed by atoms with Crippen LogP contribution in [0.25, 0.3) is 11.4 Å². The lowest BCUT2D eigenvalue weighted by Crippen LogP contribution is -1.81. The van der Waals surface area contributed by atoms with E-state index in [-0.39, 0.29) is 15.8 Å². The SMILES string of the molecule is Oc1c(Cl)cc(-c2n[c]on2)cc1Cl. The number of nitrogens with zero attached hydrogens (tertiary/aromatic N) is 2. The molecule has 1 aromatic carbocycles. The fourth-order valence-corrected chi connectivity index (χ4v) is 1.45. The average Bonchev–Trinajstić information content (AvgIpc) is 2.66. The normalized spacial score (nSPS) is 10.4. The van der Waals surface area contributed by atoms with Gasteiger partial charge in [0.1, 0.15) is 0 Å². The monoisotopic (exact) mass is 229 g/mol. The lowest BCUT2D eigenvalue weighted by molar-refractivity contribution is 0.411. The van der Waals surface area contributed by atoms with Crippen LogP contribution in [0.5, 0.6) is 5.75 Å². The van der Waals surface area contributed by atoms with Crippen LogP contribution in [0.2, 0.25) is 10.0 Å². The van der Waals surface area contributed by atoms with E-state index in [1.54, 1.807) is 0 Å². The van der Waals surface area contributed by atoms with Gasteiger partial charge in [-0.25, -0.2) is 0 Å². The Balaban J connectivity index is 2.57. The van der Waals surface area contributed by atoms with E-state index in [9.17, 15) is 5.11 Å². The molecule has 0 aliphatic heterocycles. The molecule has 2 rings (SSSR count). The van der Waals surface area contributed by atoms with Gasteiger partial charge in [0.05, 0.1) is 10.0 Å². The van der Waals surface area contributed by atoms with Crippen LogP contribution in [0.1, 0.15) is 0 Å². The second kappa shape index (κ2) is 3.48. The number of rotatable bonds is 1. The second-order valence-electron chi connectivity index (χ2n) is 2.50. The van der Waals surface area contributed by atoms with Gasteiger partial charge in [-0.1, -0.05) is 28.4 Å². The number of phenolic OH excluding ortho intramolecular Hbond substituents is 1. The summed E-state index contributed by atoms with van der Waals surface area (Å²) in [4.78, 5) is 3.70. The van der Waals surface area contributed by atoms with Crippen LogP contribution >= 0.6 is 23.2 Å². The second-order valence-corrected chi connectivity index (χ2v) is 3.31. The van der Waals surface area contributed by atoms with Gasteiger partial charge in [-0.3, -0.25) is 0 Å². The van der Waals surface area contributed by atoms with Crippen LogP contribution < -0.4 is 0 Å². The molecule has 1 heterocycles. The largest absolute Gasteiger partial charge is 0.505 e. The van der Waals surface area contributed by atoms with Crippen molar-refractivity contribution >= 4 is 23.2 Å². The summed E-state index contributed by atoms with van der Waals surface area (Å²) in [5, 5.41) is 13.1. The summed E-state index contributed by atoms with van der Waals surface area (Å²) >= 11 is 11.4. The van der Waals surface area contributed by atoms with Gasteiger partial charge in [0.25, 0.3) is 0 Å². The number of halogens is 2. The lowest BCUT2D eigenvalue weighted by atomic mass is 10.2. The Morgan fingerprint density at radius 1 is 1.29 bits per heavy atom. The molecule has 0 atom stereocenters. The number of aromatic nitrogens is 2. The molecule has 0 bridgehead atoms. The van der Waals surface area contributed by atoms with Crippen molar-refractivity contribution in [2.24, 2.45) is 0 Å². The average molecular weight is 230 g/mol. The van der Waals surface area contributed by atoms with Crippen molar-refractivity contribution in [3.63, 3.8) is 0 Å². The topological polar surface area (TPSA) is 59.2 Å². The van der Waals surface area contributed by atoms with Gasteiger partial charge >= 0.3 is 6.39 Å². The molecule has 0 fully saturated rings. The van der Waals surface area contributed by atoms with E-state index in [0.717, 1.165) is 0 Å². The third kappa shape index (κ3) is 1.54. The maximum atomic E-state index is 9.29. The zero-order valence-electron chi connectivity index (χ0n) is 6.66. The van der Waals surface area contributed by atoms with Crippen molar-refractivity contribution in [2.75, 3.05) is 0 Å². The molecule has 0 saturated carbocycles. The molecule has 1 N–H and O–H groups in total. The number of aromatic hydroxyl groups is 1. The zero-order chi connectivity index (χ0) is 10.1. The first-order chi connectivity index (χ1) is 6.68. The summed E-state index contributed by atoms with van der Waals surface area (Å²) in [5.74, 6) is 0.151. The molecule has 0 unspecified atom stereocenters. The van der Waals surface area contributed by atoms with E-state index in [4.69, 9.17) is 23.2 Å².